The molecule has 6 fully saturated rings. The Kier molecular flexibility index (Phi) is 9.37. The number of aliphatic hydroxyl groups excluding tert-OH is 1. The maximum atomic E-state index is 12.8. The number of hydrogen-bond donors (Lipinski definition) is 2. The number of rotatable bonds is 10. The van der Waals surface area contributed by atoms with Gasteiger partial charge < -0.3 is 29.3 Å². The number of methoxy groups -OCH3 is 1. The van der Waals surface area contributed by atoms with Crippen LogP contribution in [0.5, 0.6) is 0 Å². The molecule has 12 atom stereocenters. The van der Waals surface area contributed by atoms with E-state index >= 15 is 0 Å². The summed E-state index contributed by atoms with van der Waals surface area (Å²) in [4.78, 5) is 14.8. The second kappa shape index (κ2) is 12.2. The van der Waals surface area contributed by atoms with Crippen molar-refractivity contribution in [3.05, 3.63) is 0 Å². The van der Waals surface area contributed by atoms with E-state index in [4.69, 9.17) is 14.2 Å². The molecule has 1 saturated heterocycles. The molecule has 5 aliphatic carbocycles. The first-order valence-corrected chi connectivity index (χ1v) is 19.3. The molecule has 6 unspecified atom stereocenters. The largest absolute Gasteiger partial charge is 0.393 e. The molecule has 270 valence electrons. The Balaban J connectivity index is 1.16. The van der Waals surface area contributed by atoms with Crippen molar-refractivity contribution in [1.29, 1.82) is 0 Å². The molecule has 0 aromatic rings. The number of ether oxygens (including phenoxy) is 3. The first-order valence-electron chi connectivity index (χ1n) is 19.3. The standard InChI is InChI=1S/C40H69NO6/c1-25(2)19-33(43)41-17-18-46-34(23-41)47-32-13-14-39-24-40(39)16-15-37(8)28(26(3)20-27(45-10)22-35(4,5)44)21-31(42)38(37,9)30(40)12-11-29(39)36(32,6)7/h25-32,34,42,44H,11-24H2,1-10H3/t26-,27?,28-,29+,30?,31+,32?,34+,37?,38-,39?,40?/m1/s1. The number of hydrogen-bond acceptors (Lipinski definition) is 6. The van der Waals surface area contributed by atoms with Crippen LogP contribution >= 0.6 is 0 Å². The minimum atomic E-state index is -0.752. The minimum absolute atomic E-state index is 0.0249. The van der Waals surface area contributed by atoms with Crippen molar-refractivity contribution >= 4 is 5.91 Å². The van der Waals surface area contributed by atoms with Crippen molar-refractivity contribution in [2.75, 3.05) is 26.8 Å². The summed E-state index contributed by atoms with van der Waals surface area (Å²) in [6.07, 6.45) is 11.0. The fourth-order valence-corrected chi connectivity index (χ4v) is 13.5. The lowest BCUT2D eigenvalue weighted by Crippen LogP contribution is -2.60. The fraction of sp³-hybridized carbons (Fsp3) is 0.975. The van der Waals surface area contributed by atoms with E-state index < -0.39 is 5.60 Å². The lowest BCUT2D eigenvalue weighted by Gasteiger charge is -2.64. The van der Waals surface area contributed by atoms with Gasteiger partial charge in [0.15, 0.2) is 6.29 Å². The summed E-state index contributed by atoms with van der Waals surface area (Å²) in [5, 5.41) is 22.6. The molecule has 2 N–H and O–H groups in total. The lowest BCUT2D eigenvalue weighted by atomic mass is 9.41. The normalized spacial score (nSPS) is 45.4. The monoisotopic (exact) mass is 660 g/mol. The van der Waals surface area contributed by atoms with Crippen molar-refractivity contribution < 1.29 is 29.2 Å². The van der Waals surface area contributed by atoms with Crippen LogP contribution in [-0.2, 0) is 19.0 Å². The number of carbonyl (C=O) groups is 1. The maximum absolute atomic E-state index is 12.8. The third-order valence-electron chi connectivity index (χ3n) is 15.9. The molecule has 1 amide bonds. The van der Waals surface area contributed by atoms with Crippen molar-refractivity contribution in [2.45, 2.75) is 163 Å². The van der Waals surface area contributed by atoms with Crippen LogP contribution in [0.25, 0.3) is 0 Å². The molecule has 0 bridgehead atoms. The van der Waals surface area contributed by atoms with Crippen LogP contribution in [0.4, 0.5) is 0 Å². The summed E-state index contributed by atoms with van der Waals surface area (Å²) in [6, 6.07) is 0. The number of aliphatic hydroxyl groups is 2. The zero-order valence-corrected chi connectivity index (χ0v) is 31.6. The molecule has 0 aromatic carbocycles. The van der Waals surface area contributed by atoms with Crippen molar-refractivity contribution in [2.24, 2.45) is 56.7 Å². The molecular formula is C40H69NO6. The van der Waals surface area contributed by atoms with Gasteiger partial charge in [-0.3, -0.25) is 4.79 Å². The molecule has 2 spiro atoms. The van der Waals surface area contributed by atoms with Crippen molar-refractivity contribution in [3.8, 4) is 0 Å². The number of nitrogens with zero attached hydrogens (tertiary/aromatic N) is 1. The van der Waals surface area contributed by atoms with Gasteiger partial charge in [0.25, 0.3) is 0 Å². The van der Waals surface area contributed by atoms with Crippen LogP contribution in [0.15, 0.2) is 0 Å². The van der Waals surface area contributed by atoms with Crippen LogP contribution in [0.3, 0.4) is 0 Å². The predicted molar refractivity (Wildman–Crippen MR) is 184 cm³/mol. The number of morpholine rings is 1. The molecule has 0 aromatic heterocycles. The van der Waals surface area contributed by atoms with E-state index in [2.05, 4.69) is 48.5 Å². The zero-order chi connectivity index (χ0) is 34.4. The summed E-state index contributed by atoms with van der Waals surface area (Å²) in [6.45, 7) is 22.0. The quantitative estimate of drug-likeness (QED) is 0.258. The van der Waals surface area contributed by atoms with Crippen LogP contribution in [0, 0.1) is 56.7 Å². The molecule has 1 aliphatic heterocycles. The highest BCUT2D eigenvalue weighted by Gasteiger charge is 2.83. The van der Waals surface area contributed by atoms with Gasteiger partial charge in [0, 0.05) is 31.9 Å². The Morgan fingerprint density at radius 3 is 2.36 bits per heavy atom. The molecule has 47 heavy (non-hydrogen) atoms. The van der Waals surface area contributed by atoms with Crippen molar-refractivity contribution in [1.82, 2.24) is 4.90 Å². The highest BCUT2D eigenvalue weighted by molar-refractivity contribution is 5.76. The number of amides is 1. The molecule has 5 saturated carbocycles. The topological polar surface area (TPSA) is 88.5 Å². The van der Waals surface area contributed by atoms with E-state index in [-0.39, 0.29) is 46.8 Å². The zero-order valence-electron chi connectivity index (χ0n) is 31.6. The molecule has 1 heterocycles. The third kappa shape index (κ3) is 5.67. The Morgan fingerprint density at radius 1 is 1.02 bits per heavy atom. The molecule has 7 nitrogen and oxygen atoms in total. The van der Waals surface area contributed by atoms with Gasteiger partial charge in [-0.2, -0.15) is 0 Å². The Morgan fingerprint density at radius 2 is 1.70 bits per heavy atom. The smallest absolute Gasteiger partial charge is 0.223 e. The maximum Gasteiger partial charge on any atom is 0.223 e. The molecule has 6 aliphatic rings. The van der Waals surface area contributed by atoms with Gasteiger partial charge in [-0.25, -0.2) is 0 Å². The highest BCUT2D eigenvalue weighted by atomic mass is 16.7. The van der Waals surface area contributed by atoms with E-state index in [0.717, 1.165) is 19.3 Å². The van der Waals surface area contributed by atoms with E-state index in [1.807, 2.05) is 18.7 Å². The van der Waals surface area contributed by atoms with Gasteiger partial charge in [0.1, 0.15) is 0 Å². The second-order valence-corrected chi connectivity index (χ2v) is 19.5. The van der Waals surface area contributed by atoms with Gasteiger partial charge in [-0.1, -0.05) is 48.5 Å². The van der Waals surface area contributed by atoms with Gasteiger partial charge >= 0.3 is 0 Å². The predicted octanol–water partition coefficient (Wildman–Crippen LogP) is 7.21. The average Bonchev–Trinajstić information content (AvgIpc) is 3.60. The Hall–Kier alpha value is -0.730. The Bertz CT molecular complexity index is 1170. The first-order chi connectivity index (χ1) is 21.8. The van der Waals surface area contributed by atoms with Gasteiger partial charge in [-0.05, 0) is 123 Å². The van der Waals surface area contributed by atoms with Crippen LogP contribution in [-0.4, -0.2) is 78.0 Å². The summed E-state index contributed by atoms with van der Waals surface area (Å²) in [5.41, 5.74) is -0.0209. The fourth-order valence-electron chi connectivity index (χ4n) is 13.5. The van der Waals surface area contributed by atoms with Gasteiger partial charge in [0.2, 0.25) is 5.91 Å². The minimum Gasteiger partial charge on any atom is -0.393 e. The van der Waals surface area contributed by atoms with E-state index in [9.17, 15) is 15.0 Å². The van der Waals surface area contributed by atoms with Crippen LogP contribution in [0.1, 0.15) is 133 Å². The van der Waals surface area contributed by atoms with E-state index in [0.29, 0.717) is 73.0 Å². The SMILES string of the molecule is COC(C[C@@H](C)[C@H]1C[C@H](O)[C@@]2(C)C3CC[C@H]4C(C)(C)C(O[C@H]5CN(C(=O)CC(C)C)CCO5)CCC45CC35CCC12C)CC(C)(C)O. The Labute approximate surface area is 286 Å². The molecule has 7 heteroatoms. The van der Waals surface area contributed by atoms with Crippen molar-refractivity contribution in [3.63, 3.8) is 0 Å². The lowest BCUT2D eigenvalue weighted by molar-refractivity contribution is -0.248. The van der Waals surface area contributed by atoms with Gasteiger partial charge in [0.05, 0.1) is 37.1 Å². The van der Waals surface area contributed by atoms with E-state index in [1.54, 1.807) is 7.11 Å². The molecule has 6 rings (SSSR count). The summed E-state index contributed by atoms with van der Waals surface area (Å²) in [5.74, 6) is 2.61. The van der Waals surface area contributed by atoms with Crippen LogP contribution in [0.2, 0.25) is 0 Å². The van der Waals surface area contributed by atoms with Gasteiger partial charge in [-0.15, -0.1) is 0 Å². The summed E-state index contributed by atoms with van der Waals surface area (Å²) in [7, 11) is 1.78. The molecular weight excluding hydrogens is 590 g/mol. The van der Waals surface area contributed by atoms with Crippen LogP contribution < -0.4 is 0 Å². The van der Waals surface area contributed by atoms with E-state index in [1.165, 1.54) is 38.5 Å². The molecule has 0 radical (unpaired) electrons. The number of carbonyl (C=O) groups excluding carboxylic acids is 1. The first kappa shape index (κ1) is 36.1. The summed E-state index contributed by atoms with van der Waals surface area (Å²) < 4.78 is 18.8. The third-order valence-corrected chi connectivity index (χ3v) is 15.9. The number of fused-ring (bicyclic) bond motifs is 2. The highest BCUT2D eigenvalue weighted by Crippen LogP contribution is 2.89. The average molecular weight is 660 g/mol. The second-order valence-electron chi connectivity index (χ2n) is 19.5. The summed E-state index contributed by atoms with van der Waals surface area (Å²) >= 11 is 0.